The molecular formula is C32H42N6O6S. The predicted molar refractivity (Wildman–Crippen MR) is 169 cm³/mol. The zero-order valence-corrected chi connectivity index (χ0v) is 26.8. The SMILES string of the molecule is CC(C)Nc1nc(O[C@@H]2C[C@H]3C(=O)N[C@]4(C(=O)NS(=O)(=O)C5CC5)C[C@H]4/C=C\CCCCN(C)C(=O)[C@@H]3C2)c2ccccc2n1. The number of sulfonamides is 1. The van der Waals surface area contributed by atoms with Crippen molar-refractivity contribution in [1.29, 1.82) is 0 Å². The summed E-state index contributed by atoms with van der Waals surface area (Å²) in [7, 11) is -2.05. The molecule has 1 aromatic carbocycles. The first-order chi connectivity index (χ1) is 21.5. The molecular weight excluding hydrogens is 596 g/mol. The molecule has 3 saturated carbocycles. The third-order valence-electron chi connectivity index (χ3n) is 9.26. The van der Waals surface area contributed by atoms with Gasteiger partial charge in [-0.05, 0) is 77.3 Å². The van der Waals surface area contributed by atoms with E-state index in [1.165, 1.54) is 0 Å². The highest BCUT2D eigenvalue weighted by Gasteiger charge is 2.62. The van der Waals surface area contributed by atoms with Crippen molar-refractivity contribution in [2.75, 3.05) is 18.9 Å². The standard InChI is InChI=1S/C32H42N6O6S/c1-19(2)33-31-34-26-12-8-7-11-23(26)28(35-31)44-21-16-24-25(17-21)29(40)38(3)15-9-5-4-6-10-20-18-32(20,36-27(24)39)30(41)37-45(42,43)22-13-14-22/h6-8,10-12,19-22,24-25H,4-5,9,13-18H2,1-3H3,(H,36,39)(H,37,41)(H,33,34,35)/b10-6-/t20-,21-,24-,25-,32-/m1/s1. The molecule has 5 atom stereocenters. The Morgan fingerprint density at radius 3 is 2.62 bits per heavy atom. The Labute approximate surface area is 263 Å². The number of fused-ring (bicyclic) bond motifs is 3. The minimum atomic E-state index is -3.80. The number of allylic oxidation sites excluding steroid dienone is 1. The first-order valence-electron chi connectivity index (χ1n) is 16.0. The number of nitrogens with zero attached hydrogens (tertiary/aromatic N) is 3. The van der Waals surface area contributed by atoms with Crippen LogP contribution in [0.25, 0.3) is 10.9 Å². The molecule has 0 saturated heterocycles. The molecule has 3 amide bonds. The van der Waals surface area contributed by atoms with Gasteiger partial charge in [0.15, 0.2) is 0 Å². The van der Waals surface area contributed by atoms with Crippen LogP contribution in [-0.4, -0.2) is 77.5 Å². The molecule has 3 N–H and O–H groups in total. The van der Waals surface area contributed by atoms with E-state index in [1.807, 2.05) is 50.3 Å². The van der Waals surface area contributed by atoms with Gasteiger partial charge in [0, 0.05) is 25.6 Å². The van der Waals surface area contributed by atoms with Crippen LogP contribution in [0, 0.1) is 17.8 Å². The Hall–Kier alpha value is -3.74. The molecule has 0 unspecified atom stereocenters. The Kier molecular flexibility index (Phi) is 8.49. The average molecular weight is 639 g/mol. The van der Waals surface area contributed by atoms with E-state index in [0.717, 1.165) is 24.6 Å². The maximum atomic E-state index is 14.0. The van der Waals surface area contributed by atoms with Crippen molar-refractivity contribution < 1.29 is 27.5 Å². The Morgan fingerprint density at radius 2 is 1.87 bits per heavy atom. The van der Waals surface area contributed by atoms with Gasteiger partial charge in [-0.1, -0.05) is 24.3 Å². The van der Waals surface area contributed by atoms with Gasteiger partial charge in [0.25, 0.3) is 5.91 Å². The van der Waals surface area contributed by atoms with Gasteiger partial charge < -0.3 is 20.3 Å². The molecule has 13 heteroatoms. The van der Waals surface area contributed by atoms with Gasteiger partial charge in [-0.25, -0.2) is 13.4 Å². The van der Waals surface area contributed by atoms with E-state index in [4.69, 9.17) is 4.74 Å². The van der Waals surface area contributed by atoms with Crippen LogP contribution in [0.1, 0.15) is 65.2 Å². The van der Waals surface area contributed by atoms with E-state index in [-0.39, 0.29) is 24.3 Å². The van der Waals surface area contributed by atoms with Crippen LogP contribution < -0.4 is 20.1 Å². The third kappa shape index (κ3) is 6.63. The summed E-state index contributed by atoms with van der Waals surface area (Å²) >= 11 is 0. The summed E-state index contributed by atoms with van der Waals surface area (Å²) in [5, 5.41) is 6.30. The maximum absolute atomic E-state index is 14.0. The van der Waals surface area contributed by atoms with E-state index in [2.05, 4.69) is 25.3 Å². The van der Waals surface area contributed by atoms with Crippen LogP contribution in [0.2, 0.25) is 0 Å². The van der Waals surface area contributed by atoms with E-state index < -0.39 is 50.6 Å². The highest BCUT2D eigenvalue weighted by atomic mass is 32.2. The summed E-state index contributed by atoms with van der Waals surface area (Å²) in [6, 6.07) is 7.61. The van der Waals surface area contributed by atoms with E-state index >= 15 is 0 Å². The molecule has 2 aromatic rings. The van der Waals surface area contributed by atoms with Gasteiger partial charge in [0.2, 0.25) is 33.7 Å². The molecule has 4 aliphatic rings. The van der Waals surface area contributed by atoms with Gasteiger partial charge in [0.05, 0.1) is 28.0 Å². The van der Waals surface area contributed by atoms with Crippen molar-refractivity contribution in [1.82, 2.24) is 24.9 Å². The summed E-state index contributed by atoms with van der Waals surface area (Å²) in [5.74, 6) is -2.30. The lowest BCUT2D eigenvalue weighted by molar-refractivity contribution is -0.140. The van der Waals surface area contributed by atoms with Crippen LogP contribution in [0.3, 0.4) is 0 Å². The summed E-state index contributed by atoms with van der Waals surface area (Å²) in [6.07, 6.45) is 7.66. The highest BCUT2D eigenvalue weighted by Crippen LogP contribution is 2.47. The first-order valence-corrected chi connectivity index (χ1v) is 17.5. The van der Waals surface area contributed by atoms with E-state index in [0.29, 0.717) is 49.6 Å². The smallest absolute Gasteiger partial charge is 0.259 e. The second-order valence-corrected chi connectivity index (χ2v) is 15.2. The number of ether oxygens (including phenoxy) is 1. The lowest BCUT2D eigenvalue weighted by Gasteiger charge is -2.26. The minimum Gasteiger partial charge on any atom is -0.474 e. The van der Waals surface area contributed by atoms with Gasteiger partial charge in [-0.2, -0.15) is 4.98 Å². The number of rotatable bonds is 7. The number of carbonyl (C=O) groups excluding carboxylic acids is 3. The van der Waals surface area contributed by atoms with Crippen LogP contribution in [-0.2, 0) is 24.4 Å². The second-order valence-electron chi connectivity index (χ2n) is 13.2. The average Bonchev–Trinajstić information content (AvgIpc) is 3.91. The summed E-state index contributed by atoms with van der Waals surface area (Å²) in [6.45, 7) is 4.54. The molecule has 3 fully saturated rings. The molecule has 1 aliphatic heterocycles. The second kappa shape index (κ2) is 12.2. The number of amides is 3. The fraction of sp³-hybridized carbons (Fsp3) is 0.594. The number of benzene rings is 1. The normalized spacial score (nSPS) is 29.7. The van der Waals surface area contributed by atoms with Crippen LogP contribution >= 0.6 is 0 Å². The molecule has 3 aliphatic carbocycles. The Morgan fingerprint density at radius 1 is 1.11 bits per heavy atom. The number of hydrogen-bond donors (Lipinski definition) is 3. The van der Waals surface area contributed by atoms with Crippen LogP contribution in [0.15, 0.2) is 36.4 Å². The molecule has 12 nitrogen and oxygen atoms in total. The molecule has 242 valence electrons. The number of nitrogens with one attached hydrogen (secondary N) is 3. The lowest BCUT2D eigenvalue weighted by Crippen LogP contribution is -2.54. The molecule has 0 bridgehead atoms. The minimum absolute atomic E-state index is 0.0945. The van der Waals surface area contributed by atoms with Gasteiger partial charge >= 0.3 is 0 Å². The molecule has 45 heavy (non-hydrogen) atoms. The third-order valence-corrected chi connectivity index (χ3v) is 11.1. The lowest BCUT2D eigenvalue weighted by atomic mass is 9.93. The van der Waals surface area contributed by atoms with E-state index in [1.54, 1.807) is 11.9 Å². The molecule has 0 radical (unpaired) electrons. The zero-order chi connectivity index (χ0) is 31.9. The fourth-order valence-corrected chi connectivity index (χ4v) is 7.87. The number of hydrogen-bond acceptors (Lipinski definition) is 9. The quantitative estimate of drug-likeness (QED) is 0.388. The molecule has 0 spiro atoms. The van der Waals surface area contributed by atoms with Gasteiger partial charge in [-0.3, -0.25) is 19.1 Å². The monoisotopic (exact) mass is 638 g/mol. The van der Waals surface area contributed by atoms with Crippen molar-refractivity contribution in [2.24, 2.45) is 17.8 Å². The largest absolute Gasteiger partial charge is 0.474 e. The number of carbonyl (C=O) groups is 3. The topological polar surface area (TPSA) is 160 Å². The maximum Gasteiger partial charge on any atom is 0.259 e. The highest BCUT2D eigenvalue weighted by molar-refractivity contribution is 7.91. The van der Waals surface area contributed by atoms with Crippen molar-refractivity contribution in [3.05, 3.63) is 36.4 Å². The van der Waals surface area contributed by atoms with Crippen molar-refractivity contribution in [3.63, 3.8) is 0 Å². The molecule has 1 aromatic heterocycles. The van der Waals surface area contributed by atoms with Crippen LogP contribution in [0.5, 0.6) is 5.88 Å². The van der Waals surface area contributed by atoms with Crippen molar-refractivity contribution in [3.8, 4) is 5.88 Å². The zero-order valence-electron chi connectivity index (χ0n) is 26.0. The summed E-state index contributed by atoms with van der Waals surface area (Å²) < 4.78 is 34.0. The summed E-state index contributed by atoms with van der Waals surface area (Å²) in [4.78, 5) is 52.2. The van der Waals surface area contributed by atoms with Gasteiger partial charge in [0.1, 0.15) is 11.6 Å². The number of aromatic nitrogens is 2. The summed E-state index contributed by atoms with van der Waals surface area (Å²) in [5.41, 5.74) is -0.670. The van der Waals surface area contributed by atoms with Crippen molar-refractivity contribution >= 4 is 44.6 Å². The molecule has 2 heterocycles. The fourth-order valence-electron chi connectivity index (χ4n) is 6.51. The molecule has 6 rings (SSSR count). The van der Waals surface area contributed by atoms with Gasteiger partial charge in [-0.15, -0.1) is 0 Å². The Balaban J connectivity index is 1.28. The van der Waals surface area contributed by atoms with Crippen molar-refractivity contribution in [2.45, 2.75) is 88.1 Å². The first kappa shape index (κ1) is 31.3. The van der Waals surface area contributed by atoms with Crippen LogP contribution in [0.4, 0.5) is 5.95 Å². The Bertz CT molecular complexity index is 1620. The number of para-hydroxylation sites is 1. The van der Waals surface area contributed by atoms with E-state index in [9.17, 15) is 22.8 Å². The predicted octanol–water partition coefficient (Wildman–Crippen LogP) is 2.91. The number of anilines is 1.